The number of hydrogen-bond donors (Lipinski definition) is 0. The number of thiophene rings is 1. The van der Waals surface area contributed by atoms with Crippen molar-refractivity contribution in [3.8, 4) is 33.4 Å². The van der Waals surface area contributed by atoms with Gasteiger partial charge in [0.05, 0.1) is 4.47 Å². The fraction of sp³-hybridized carbons (Fsp3) is 0.0714. The van der Waals surface area contributed by atoms with Gasteiger partial charge in [-0.25, -0.2) is 0 Å². The van der Waals surface area contributed by atoms with Crippen LogP contribution in [0.15, 0.2) is 83.3 Å². The highest BCUT2D eigenvalue weighted by molar-refractivity contribution is 9.10. The molecule has 0 saturated carbocycles. The first-order valence-electron chi connectivity index (χ1n) is 10.4. The van der Waals surface area contributed by atoms with Crippen LogP contribution in [0.1, 0.15) is 17.3 Å². The summed E-state index contributed by atoms with van der Waals surface area (Å²) in [7, 11) is 0. The zero-order chi connectivity index (χ0) is 22.9. The van der Waals surface area contributed by atoms with Gasteiger partial charge in [0.1, 0.15) is 11.8 Å². The number of Topliss-reactive ketones (excluding diaryl/α,β-unsaturated/α-hetero) is 1. The predicted octanol–water partition coefficient (Wildman–Crippen LogP) is 8.26. The summed E-state index contributed by atoms with van der Waals surface area (Å²) in [4.78, 5) is 13.3. The van der Waals surface area contributed by atoms with Gasteiger partial charge in [-0.15, -0.1) is 11.3 Å². The largest absolute Gasteiger partial charge is 0.478 e. The first-order chi connectivity index (χ1) is 16.1. The molecule has 6 rings (SSSR count). The number of benzene rings is 4. The Balaban J connectivity index is 0.000000324. The Hall–Kier alpha value is -3.46. The van der Waals surface area contributed by atoms with E-state index in [2.05, 4.69) is 46.3 Å². The van der Waals surface area contributed by atoms with E-state index >= 15 is 0 Å². The zero-order valence-electron chi connectivity index (χ0n) is 17.8. The van der Waals surface area contributed by atoms with Crippen LogP contribution >= 0.6 is 27.3 Å². The molecule has 0 amide bonds. The van der Waals surface area contributed by atoms with E-state index in [1.165, 1.54) is 11.1 Å². The van der Waals surface area contributed by atoms with E-state index in [9.17, 15) is 4.79 Å². The number of ether oxygens (including phenoxy) is 1. The second-order valence-electron chi connectivity index (χ2n) is 7.70. The predicted molar refractivity (Wildman–Crippen MR) is 139 cm³/mol. The number of ketones is 1. The Morgan fingerprint density at radius 1 is 0.939 bits per heavy atom. The molecule has 0 spiro atoms. The summed E-state index contributed by atoms with van der Waals surface area (Å²) < 4.78 is 7.38. The van der Waals surface area contributed by atoms with Crippen LogP contribution in [0.3, 0.4) is 0 Å². The third kappa shape index (κ3) is 4.16. The lowest BCUT2D eigenvalue weighted by atomic mass is 10.0. The molecule has 3 aromatic carbocycles. The van der Waals surface area contributed by atoms with Crippen LogP contribution in [0.4, 0.5) is 0 Å². The molecule has 1 heterocycles. The first-order valence-corrected chi connectivity index (χ1v) is 12.0. The van der Waals surface area contributed by atoms with Gasteiger partial charge in [-0.05, 0) is 74.6 Å². The molecule has 0 unspecified atom stereocenters. The summed E-state index contributed by atoms with van der Waals surface area (Å²) in [5.41, 5.74) is 4.65. The molecule has 0 radical (unpaired) electrons. The van der Waals surface area contributed by atoms with E-state index < -0.39 is 0 Å². The van der Waals surface area contributed by atoms with Gasteiger partial charge in [-0.1, -0.05) is 54.6 Å². The SMILES string of the molecule is CC(=O)c1c(-c2ccc3c(Br)c(OCC#N)ccc3c2)sc2ccccc12.c1cc2cc-2c1. The van der Waals surface area contributed by atoms with Crippen LogP contribution < -0.4 is 4.74 Å². The maximum Gasteiger partial charge on any atom is 0.174 e. The third-order valence-electron chi connectivity index (χ3n) is 5.53. The summed E-state index contributed by atoms with van der Waals surface area (Å²) in [6.45, 7) is 1.63. The average molecular weight is 512 g/mol. The Morgan fingerprint density at radius 3 is 2.39 bits per heavy atom. The molecule has 0 bridgehead atoms. The van der Waals surface area contributed by atoms with Gasteiger partial charge >= 0.3 is 0 Å². The molecule has 5 heteroatoms. The van der Waals surface area contributed by atoms with Gasteiger partial charge in [-0.3, -0.25) is 4.79 Å². The van der Waals surface area contributed by atoms with Crippen molar-refractivity contribution < 1.29 is 9.53 Å². The minimum Gasteiger partial charge on any atom is -0.478 e. The molecule has 33 heavy (non-hydrogen) atoms. The minimum absolute atomic E-state index is 0.00590. The topological polar surface area (TPSA) is 50.1 Å². The smallest absolute Gasteiger partial charge is 0.174 e. The van der Waals surface area contributed by atoms with Crippen LogP contribution in [0.25, 0.3) is 42.4 Å². The molecular formula is C28H18BrNO2S. The fourth-order valence-corrected chi connectivity index (χ4v) is 5.76. The molecule has 0 N–H and O–H groups in total. The Kier molecular flexibility index (Phi) is 5.72. The van der Waals surface area contributed by atoms with Gasteiger partial charge in [0, 0.05) is 20.5 Å². The van der Waals surface area contributed by atoms with E-state index in [4.69, 9.17) is 10.00 Å². The number of nitriles is 1. The third-order valence-corrected chi connectivity index (χ3v) is 7.57. The van der Waals surface area contributed by atoms with Crippen LogP contribution in [0.5, 0.6) is 5.75 Å². The second-order valence-corrected chi connectivity index (χ2v) is 9.54. The summed E-state index contributed by atoms with van der Waals surface area (Å²) in [5.74, 6) is 0.715. The highest BCUT2D eigenvalue weighted by atomic mass is 79.9. The van der Waals surface area contributed by atoms with Crippen LogP contribution in [-0.2, 0) is 0 Å². The molecule has 0 saturated heterocycles. The molecule has 160 valence electrons. The number of carbonyl (C=O) groups excluding carboxylic acids is 1. The summed E-state index contributed by atoms with van der Waals surface area (Å²) >= 11 is 5.21. The van der Waals surface area contributed by atoms with E-state index in [0.29, 0.717) is 5.75 Å². The van der Waals surface area contributed by atoms with Crippen molar-refractivity contribution in [2.45, 2.75) is 6.92 Å². The molecule has 0 aliphatic heterocycles. The lowest BCUT2D eigenvalue weighted by molar-refractivity contribution is 0.102. The van der Waals surface area contributed by atoms with Crippen molar-refractivity contribution in [1.29, 1.82) is 5.26 Å². The van der Waals surface area contributed by atoms with Crippen molar-refractivity contribution in [1.82, 2.24) is 0 Å². The highest BCUT2D eigenvalue weighted by Crippen LogP contribution is 2.41. The summed E-state index contributed by atoms with van der Waals surface area (Å²) in [5, 5.41) is 11.8. The maximum atomic E-state index is 12.3. The number of fused-ring (bicyclic) bond motifs is 3. The number of hydrogen-bond acceptors (Lipinski definition) is 4. The number of nitrogens with zero attached hydrogens (tertiary/aromatic N) is 1. The van der Waals surface area contributed by atoms with Crippen LogP contribution in [0.2, 0.25) is 0 Å². The Bertz CT molecular complexity index is 1560. The molecule has 0 atom stereocenters. The fourth-order valence-electron chi connectivity index (χ4n) is 3.91. The quantitative estimate of drug-likeness (QED) is 0.224. The van der Waals surface area contributed by atoms with Gasteiger partial charge in [0.15, 0.2) is 12.4 Å². The minimum atomic E-state index is 0.00590. The van der Waals surface area contributed by atoms with Crippen molar-refractivity contribution in [3.05, 3.63) is 88.9 Å². The summed E-state index contributed by atoms with van der Waals surface area (Å²) in [6, 6.07) is 28.4. The van der Waals surface area contributed by atoms with E-state index in [-0.39, 0.29) is 12.4 Å². The molecule has 0 fully saturated rings. The monoisotopic (exact) mass is 511 g/mol. The van der Waals surface area contributed by atoms with Crippen LogP contribution in [0, 0.1) is 11.3 Å². The molecule has 2 aliphatic carbocycles. The van der Waals surface area contributed by atoms with E-state index in [1.807, 2.05) is 54.6 Å². The number of halogens is 1. The first kappa shape index (κ1) is 21.4. The standard InChI is InChI=1S/C22H14BrNO2S.C6H4/c1-13(25)20-17-4-2-3-5-19(17)27-22(20)15-6-8-16-14(12-15)7-9-18(21(16)23)26-11-10-24;1-2-5-4-6(5)3-1/h2-9,12H,11H2,1H3;1-4H. The second kappa shape index (κ2) is 8.82. The zero-order valence-corrected chi connectivity index (χ0v) is 20.2. The average Bonchev–Trinajstić information content (AvgIpc) is 3.24. The van der Waals surface area contributed by atoms with Gasteiger partial charge < -0.3 is 4.74 Å². The highest BCUT2D eigenvalue weighted by Gasteiger charge is 2.18. The van der Waals surface area contributed by atoms with Gasteiger partial charge in [0.2, 0.25) is 0 Å². The molecule has 3 nitrogen and oxygen atoms in total. The van der Waals surface area contributed by atoms with Crippen molar-refractivity contribution in [3.63, 3.8) is 0 Å². The lowest BCUT2D eigenvalue weighted by Gasteiger charge is -2.09. The number of carbonyl (C=O) groups is 1. The Labute approximate surface area is 204 Å². The normalized spacial score (nSPS) is 10.9. The Morgan fingerprint density at radius 2 is 1.73 bits per heavy atom. The number of rotatable bonds is 4. The molecular weight excluding hydrogens is 494 g/mol. The van der Waals surface area contributed by atoms with E-state index in [0.717, 1.165) is 41.3 Å². The van der Waals surface area contributed by atoms with Crippen molar-refractivity contribution in [2.24, 2.45) is 0 Å². The maximum absolute atomic E-state index is 12.3. The summed E-state index contributed by atoms with van der Waals surface area (Å²) in [6.07, 6.45) is 0. The van der Waals surface area contributed by atoms with Crippen molar-refractivity contribution in [2.75, 3.05) is 6.61 Å². The lowest BCUT2D eigenvalue weighted by Crippen LogP contribution is -1.95. The van der Waals surface area contributed by atoms with E-state index in [1.54, 1.807) is 18.3 Å². The van der Waals surface area contributed by atoms with Gasteiger partial charge in [0.25, 0.3) is 0 Å². The molecule has 1 aromatic heterocycles. The van der Waals surface area contributed by atoms with Crippen LogP contribution in [-0.4, -0.2) is 12.4 Å². The molecule has 2 aliphatic rings. The van der Waals surface area contributed by atoms with Crippen molar-refractivity contribution >= 4 is 53.9 Å². The van der Waals surface area contributed by atoms with Gasteiger partial charge in [-0.2, -0.15) is 5.26 Å². The molecule has 4 aromatic rings.